The summed E-state index contributed by atoms with van der Waals surface area (Å²) in [5, 5.41) is 1.16. The quantitative estimate of drug-likeness (QED) is 0.807. The number of rotatable bonds is 1. The Hall–Kier alpha value is -2.24. The summed E-state index contributed by atoms with van der Waals surface area (Å²) in [5.74, 6) is 0.352. The van der Waals surface area contributed by atoms with E-state index in [1.807, 2.05) is 32.7 Å². The Bertz CT molecular complexity index is 876. The van der Waals surface area contributed by atoms with Gasteiger partial charge in [-0.3, -0.25) is 0 Å². The van der Waals surface area contributed by atoms with E-state index in [4.69, 9.17) is 10.5 Å². The zero-order valence-corrected chi connectivity index (χ0v) is 17.6. The molecule has 6 nitrogen and oxygen atoms in total. The molecule has 3 rings (SSSR count). The van der Waals surface area contributed by atoms with Gasteiger partial charge in [0.25, 0.3) is 0 Å². The van der Waals surface area contributed by atoms with Gasteiger partial charge in [0.05, 0.1) is 11.9 Å². The van der Waals surface area contributed by atoms with E-state index in [1.54, 1.807) is 6.20 Å². The van der Waals surface area contributed by atoms with Gasteiger partial charge in [-0.25, -0.2) is 9.78 Å². The lowest BCUT2D eigenvalue weighted by atomic mass is 9.79. The first-order valence-corrected chi connectivity index (χ1v) is 9.61. The highest BCUT2D eigenvalue weighted by atomic mass is 16.6. The average Bonchev–Trinajstić information content (AvgIpc) is 2.85. The number of hydrogen-bond acceptors (Lipinski definition) is 4. The number of aromatic nitrogens is 2. The van der Waals surface area contributed by atoms with E-state index >= 15 is 0 Å². The number of likely N-dealkylation sites (tertiary alicyclic amines) is 1. The maximum atomic E-state index is 12.7. The topological polar surface area (TPSA) is 73.4 Å². The highest BCUT2D eigenvalue weighted by Gasteiger charge is 2.40. The smallest absolute Gasteiger partial charge is 0.410 e. The standard InChI is InChI=1S/C21H32N4O2/c1-13-16(22)11-23-18-17(13)15(12-24(18)7)14-8-9-25(21(5,6)10-14)19(26)27-20(2,3)4/h11-12,14H,8-10,22H2,1-7H3/t14-/m0/s1. The molecule has 0 aromatic carbocycles. The molecule has 148 valence electrons. The molecular formula is C21H32N4O2. The van der Waals surface area contributed by atoms with Gasteiger partial charge in [-0.1, -0.05) is 0 Å². The molecule has 1 atom stereocenters. The van der Waals surface area contributed by atoms with Gasteiger partial charge >= 0.3 is 6.09 Å². The Morgan fingerprint density at radius 3 is 2.63 bits per heavy atom. The van der Waals surface area contributed by atoms with E-state index in [2.05, 4.69) is 36.5 Å². The van der Waals surface area contributed by atoms with Crippen molar-refractivity contribution >= 4 is 22.8 Å². The molecular weight excluding hydrogens is 340 g/mol. The van der Waals surface area contributed by atoms with Crippen molar-refractivity contribution in [3.8, 4) is 0 Å². The second-order valence-corrected chi connectivity index (χ2v) is 9.37. The van der Waals surface area contributed by atoms with E-state index in [0.717, 1.165) is 35.1 Å². The second-order valence-electron chi connectivity index (χ2n) is 9.37. The number of fused-ring (bicyclic) bond motifs is 1. The Labute approximate surface area is 161 Å². The zero-order chi connectivity index (χ0) is 20.1. The third-order valence-electron chi connectivity index (χ3n) is 5.54. The van der Waals surface area contributed by atoms with Crippen LogP contribution in [0.15, 0.2) is 12.4 Å². The molecule has 6 heteroatoms. The largest absolute Gasteiger partial charge is 0.444 e. The van der Waals surface area contributed by atoms with Gasteiger partial charge in [-0.2, -0.15) is 0 Å². The predicted octanol–water partition coefficient (Wildman–Crippen LogP) is 4.36. The number of carbonyl (C=O) groups is 1. The van der Waals surface area contributed by atoms with Crippen LogP contribution in [0.25, 0.3) is 11.0 Å². The fourth-order valence-electron chi connectivity index (χ4n) is 4.18. The Morgan fingerprint density at radius 2 is 2.04 bits per heavy atom. The van der Waals surface area contributed by atoms with Crippen LogP contribution >= 0.6 is 0 Å². The molecule has 1 saturated heterocycles. The third kappa shape index (κ3) is 3.62. The molecule has 0 bridgehead atoms. The molecule has 2 N–H and O–H groups in total. The van der Waals surface area contributed by atoms with Crippen LogP contribution in [0.2, 0.25) is 0 Å². The van der Waals surface area contributed by atoms with Crippen molar-refractivity contribution in [2.75, 3.05) is 12.3 Å². The van der Waals surface area contributed by atoms with Gasteiger partial charge in [0.2, 0.25) is 0 Å². The Morgan fingerprint density at radius 1 is 1.37 bits per heavy atom. The lowest BCUT2D eigenvalue weighted by molar-refractivity contribution is -0.00926. The molecule has 1 aliphatic rings. The highest BCUT2D eigenvalue weighted by molar-refractivity contribution is 5.88. The molecule has 0 aliphatic carbocycles. The van der Waals surface area contributed by atoms with Crippen LogP contribution in [0.3, 0.4) is 0 Å². The van der Waals surface area contributed by atoms with E-state index in [-0.39, 0.29) is 11.6 Å². The third-order valence-corrected chi connectivity index (χ3v) is 5.54. The summed E-state index contributed by atoms with van der Waals surface area (Å²) in [6.07, 6.45) is 5.45. The van der Waals surface area contributed by atoms with Crippen molar-refractivity contribution in [1.82, 2.24) is 14.5 Å². The molecule has 1 fully saturated rings. The fourth-order valence-corrected chi connectivity index (χ4v) is 4.18. The summed E-state index contributed by atoms with van der Waals surface area (Å²) in [6.45, 7) is 12.7. The first-order valence-electron chi connectivity index (χ1n) is 9.61. The number of nitrogens with two attached hydrogens (primary N) is 1. The van der Waals surface area contributed by atoms with Crippen molar-refractivity contribution in [2.45, 2.75) is 71.4 Å². The maximum absolute atomic E-state index is 12.7. The summed E-state index contributed by atoms with van der Waals surface area (Å²) in [4.78, 5) is 19.1. The number of aryl methyl sites for hydroxylation is 2. The summed E-state index contributed by atoms with van der Waals surface area (Å²) < 4.78 is 7.69. The number of ether oxygens (including phenoxy) is 1. The van der Waals surface area contributed by atoms with Crippen LogP contribution in [-0.2, 0) is 11.8 Å². The molecule has 0 radical (unpaired) electrons. The number of piperidine rings is 1. The summed E-state index contributed by atoms with van der Waals surface area (Å²) in [7, 11) is 2.02. The lowest BCUT2D eigenvalue weighted by Gasteiger charge is -2.45. The maximum Gasteiger partial charge on any atom is 0.410 e. The molecule has 2 aromatic rings. The van der Waals surface area contributed by atoms with Crippen LogP contribution in [0.5, 0.6) is 0 Å². The molecule has 1 amide bonds. The van der Waals surface area contributed by atoms with Crippen LogP contribution in [0.4, 0.5) is 10.5 Å². The summed E-state index contributed by atoms with van der Waals surface area (Å²) in [6, 6.07) is 0. The number of nitrogens with zero attached hydrogens (tertiary/aromatic N) is 3. The van der Waals surface area contributed by atoms with Gasteiger partial charge < -0.3 is 19.9 Å². The minimum atomic E-state index is -0.486. The second kappa shape index (κ2) is 6.43. The molecule has 0 saturated carbocycles. The monoisotopic (exact) mass is 372 g/mol. The van der Waals surface area contributed by atoms with Gasteiger partial charge in [0, 0.05) is 30.7 Å². The Balaban J connectivity index is 1.91. The summed E-state index contributed by atoms with van der Waals surface area (Å²) in [5.41, 5.74) is 9.41. The molecule has 0 unspecified atom stereocenters. The average molecular weight is 373 g/mol. The normalized spacial score (nSPS) is 20.1. The fraction of sp³-hybridized carbons (Fsp3) is 0.619. The van der Waals surface area contributed by atoms with E-state index < -0.39 is 5.60 Å². The van der Waals surface area contributed by atoms with Gasteiger partial charge in [-0.05, 0) is 71.4 Å². The molecule has 0 spiro atoms. The number of nitrogen functional groups attached to an aromatic ring is 1. The van der Waals surface area contributed by atoms with Gasteiger partial charge in [0.1, 0.15) is 11.2 Å². The van der Waals surface area contributed by atoms with Crippen molar-refractivity contribution in [2.24, 2.45) is 7.05 Å². The van der Waals surface area contributed by atoms with Crippen LogP contribution < -0.4 is 5.73 Å². The van der Waals surface area contributed by atoms with E-state index in [1.165, 1.54) is 5.56 Å². The van der Waals surface area contributed by atoms with Crippen molar-refractivity contribution in [3.63, 3.8) is 0 Å². The molecule has 1 aliphatic heterocycles. The first-order chi connectivity index (χ1) is 12.4. The van der Waals surface area contributed by atoms with Crippen LogP contribution in [0.1, 0.15) is 64.5 Å². The summed E-state index contributed by atoms with van der Waals surface area (Å²) >= 11 is 0. The van der Waals surface area contributed by atoms with Gasteiger partial charge in [0.15, 0.2) is 0 Å². The number of amides is 1. The minimum absolute atomic E-state index is 0.231. The van der Waals surface area contributed by atoms with E-state index in [9.17, 15) is 4.79 Å². The highest BCUT2D eigenvalue weighted by Crippen LogP contribution is 2.42. The predicted molar refractivity (Wildman–Crippen MR) is 109 cm³/mol. The lowest BCUT2D eigenvalue weighted by Crippen LogP contribution is -2.53. The minimum Gasteiger partial charge on any atom is -0.444 e. The number of pyridine rings is 1. The van der Waals surface area contributed by atoms with Crippen molar-refractivity contribution < 1.29 is 9.53 Å². The number of hydrogen-bond donors (Lipinski definition) is 1. The molecule has 2 aromatic heterocycles. The van der Waals surface area contributed by atoms with Gasteiger partial charge in [-0.15, -0.1) is 0 Å². The zero-order valence-electron chi connectivity index (χ0n) is 17.6. The Kier molecular flexibility index (Phi) is 4.65. The SMILES string of the molecule is Cc1c(N)cnc2c1c([C@H]1CCN(C(=O)OC(C)(C)C)C(C)(C)C1)cn2C. The molecule has 3 heterocycles. The van der Waals surface area contributed by atoms with Crippen LogP contribution in [0, 0.1) is 6.92 Å². The molecule has 27 heavy (non-hydrogen) atoms. The number of anilines is 1. The number of carbonyl (C=O) groups excluding carboxylic acids is 1. The van der Waals surface area contributed by atoms with Crippen LogP contribution in [-0.4, -0.2) is 38.2 Å². The van der Waals surface area contributed by atoms with E-state index in [0.29, 0.717) is 12.5 Å². The van der Waals surface area contributed by atoms with Crippen molar-refractivity contribution in [3.05, 3.63) is 23.5 Å². The van der Waals surface area contributed by atoms with Crippen molar-refractivity contribution in [1.29, 1.82) is 0 Å². The first kappa shape index (κ1) is 19.5.